The molecule has 0 spiro atoms. The van der Waals surface area contributed by atoms with E-state index in [9.17, 15) is 22.4 Å². The maximum absolute atomic E-state index is 13.2. The molecule has 134 valence electrons. The van der Waals surface area contributed by atoms with Crippen LogP contribution in [0.25, 0.3) is 0 Å². The van der Waals surface area contributed by atoms with Gasteiger partial charge in [-0.2, -0.15) is 13.2 Å². The molecule has 3 nitrogen and oxygen atoms in total. The van der Waals surface area contributed by atoms with E-state index < -0.39 is 29.9 Å². The zero-order valence-corrected chi connectivity index (χ0v) is 13.4. The molecule has 7 heteroatoms. The number of alkyl halides is 3. The molecule has 0 aliphatic heterocycles. The molecule has 0 aliphatic rings. The van der Waals surface area contributed by atoms with Gasteiger partial charge in [0.05, 0.1) is 18.6 Å². The number of esters is 1. The van der Waals surface area contributed by atoms with Gasteiger partial charge in [-0.3, -0.25) is 4.79 Å². The highest BCUT2D eigenvalue weighted by Gasteiger charge is 2.34. The minimum atomic E-state index is -4.63. The van der Waals surface area contributed by atoms with Gasteiger partial charge in [-0.25, -0.2) is 4.39 Å². The van der Waals surface area contributed by atoms with E-state index in [4.69, 9.17) is 9.47 Å². The summed E-state index contributed by atoms with van der Waals surface area (Å²) in [6, 6.07) is 8.83. The van der Waals surface area contributed by atoms with E-state index in [0.717, 1.165) is 6.07 Å². The van der Waals surface area contributed by atoms with Gasteiger partial charge in [0, 0.05) is 0 Å². The second kappa shape index (κ2) is 8.00. The van der Waals surface area contributed by atoms with E-state index in [-0.39, 0.29) is 24.5 Å². The number of benzene rings is 2. The number of hydrogen-bond donors (Lipinski definition) is 0. The molecule has 0 saturated carbocycles. The lowest BCUT2D eigenvalue weighted by molar-refractivity contribution is -0.143. The Kier molecular flexibility index (Phi) is 6.01. The molecule has 2 rings (SSSR count). The van der Waals surface area contributed by atoms with Crippen LogP contribution < -0.4 is 4.74 Å². The summed E-state index contributed by atoms with van der Waals surface area (Å²) in [7, 11) is 0. The van der Waals surface area contributed by atoms with Crippen LogP contribution in [-0.4, -0.2) is 12.6 Å². The Morgan fingerprint density at radius 3 is 2.36 bits per heavy atom. The van der Waals surface area contributed by atoms with E-state index in [1.807, 2.05) is 0 Å². The number of halogens is 4. The molecular weight excluding hydrogens is 340 g/mol. The molecule has 2 aromatic rings. The van der Waals surface area contributed by atoms with Gasteiger partial charge in [-0.1, -0.05) is 18.2 Å². The van der Waals surface area contributed by atoms with Gasteiger partial charge in [-0.15, -0.1) is 0 Å². The summed E-state index contributed by atoms with van der Waals surface area (Å²) in [6.45, 7) is 1.67. The Labute approximate surface area is 142 Å². The lowest BCUT2D eigenvalue weighted by Crippen LogP contribution is -2.14. The van der Waals surface area contributed by atoms with Crippen LogP contribution in [-0.2, 0) is 28.7 Å². The summed E-state index contributed by atoms with van der Waals surface area (Å²) in [5.41, 5.74) is -0.511. The molecule has 25 heavy (non-hydrogen) atoms. The Bertz CT molecular complexity index is 724. The Morgan fingerprint density at radius 2 is 1.76 bits per heavy atom. The van der Waals surface area contributed by atoms with E-state index in [1.165, 1.54) is 36.4 Å². The standard InChI is InChI=1S/C18H16F4O3/c1-2-24-17(23)9-13-5-8-15(10-16(13)18(20,21)22)25-11-12-3-6-14(19)7-4-12/h3-8,10H,2,9,11H2,1H3. The van der Waals surface area contributed by atoms with Crippen molar-refractivity contribution in [3.8, 4) is 5.75 Å². The number of hydrogen-bond acceptors (Lipinski definition) is 3. The fraction of sp³-hybridized carbons (Fsp3) is 0.278. The molecule has 0 N–H and O–H groups in total. The zero-order chi connectivity index (χ0) is 18.4. The van der Waals surface area contributed by atoms with Crippen LogP contribution in [0.15, 0.2) is 42.5 Å². The highest BCUT2D eigenvalue weighted by Crippen LogP contribution is 2.35. The molecule has 0 saturated heterocycles. The van der Waals surface area contributed by atoms with Crippen molar-refractivity contribution in [2.75, 3.05) is 6.61 Å². The molecule has 0 radical (unpaired) electrons. The number of ether oxygens (including phenoxy) is 2. The molecular formula is C18H16F4O3. The maximum atomic E-state index is 13.2. The molecule has 0 amide bonds. The van der Waals surface area contributed by atoms with Crippen LogP contribution in [0.3, 0.4) is 0 Å². The average molecular weight is 356 g/mol. The van der Waals surface area contributed by atoms with Crippen molar-refractivity contribution in [1.29, 1.82) is 0 Å². The average Bonchev–Trinajstić information content (AvgIpc) is 2.54. The first kappa shape index (κ1) is 18.8. The van der Waals surface area contributed by atoms with Gasteiger partial charge in [0.15, 0.2) is 0 Å². The molecule has 0 aromatic heterocycles. The molecule has 0 unspecified atom stereocenters. The SMILES string of the molecule is CCOC(=O)Cc1ccc(OCc2ccc(F)cc2)cc1C(F)(F)F. The highest BCUT2D eigenvalue weighted by molar-refractivity contribution is 5.73. The second-order valence-corrected chi connectivity index (χ2v) is 5.21. The molecule has 0 aliphatic carbocycles. The summed E-state index contributed by atoms with van der Waals surface area (Å²) in [6.07, 6.45) is -5.10. The van der Waals surface area contributed by atoms with Gasteiger partial charge in [0.25, 0.3) is 0 Å². The quantitative estimate of drug-likeness (QED) is 0.564. The third-order valence-electron chi connectivity index (χ3n) is 3.35. The molecule has 0 fully saturated rings. The van der Waals surface area contributed by atoms with E-state index in [0.29, 0.717) is 5.56 Å². The predicted molar refractivity (Wildman–Crippen MR) is 82.5 cm³/mol. The van der Waals surface area contributed by atoms with Crippen molar-refractivity contribution in [3.63, 3.8) is 0 Å². The summed E-state index contributed by atoms with van der Waals surface area (Å²) in [4.78, 5) is 11.5. The molecule has 0 heterocycles. The fourth-order valence-electron chi connectivity index (χ4n) is 2.18. The van der Waals surface area contributed by atoms with E-state index in [1.54, 1.807) is 6.92 Å². The lowest BCUT2D eigenvalue weighted by atomic mass is 10.0. The van der Waals surface area contributed by atoms with Gasteiger partial charge < -0.3 is 9.47 Å². The van der Waals surface area contributed by atoms with Gasteiger partial charge >= 0.3 is 12.1 Å². The van der Waals surface area contributed by atoms with E-state index in [2.05, 4.69) is 0 Å². The highest BCUT2D eigenvalue weighted by atomic mass is 19.4. The Morgan fingerprint density at radius 1 is 1.08 bits per heavy atom. The van der Waals surface area contributed by atoms with Crippen LogP contribution >= 0.6 is 0 Å². The topological polar surface area (TPSA) is 35.5 Å². The minimum absolute atomic E-state index is 0.00394. The lowest BCUT2D eigenvalue weighted by Gasteiger charge is -2.15. The molecule has 2 aromatic carbocycles. The zero-order valence-electron chi connectivity index (χ0n) is 13.4. The summed E-state index contributed by atoms with van der Waals surface area (Å²) in [5, 5.41) is 0. The smallest absolute Gasteiger partial charge is 0.416 e. The van der Waals surface area contributed by atoms with Gasteiger partial charge in [0.2, 0.25) is 0 Å². The normalized spacial score (nSPS) is 11.2. The number of rotatable bonds is 6. The number of carbonyl (C=O) groups excluding carboxylic acids is 1. The summed E-state index contributed by atoms with van der Waals surface area (Å²) >= 11 is 0. The summed E-state index contributed by atoms with van der Waals surface area (Å²) < 4.78 is 62.5. The molecule has 0 bridgehead atoms. The Balaban J connectivity index is 2.17. The van der Waals surface area contributed by atoms with Crippen molar-refractivity contribution < 1.29 is 31.8 Å². The van der Waals surface area contributed by atoms with Crippen molar-refractivity contribution in [3.05, 3.63) is 65.0 Å². The maximum Gasteiger partial charge on any atom is 0.416 e. The van der Waals surface area contributed by atoms with E-state index >= 15 is 0 Å². The van der Waals surface area contributed by atoms with Gasteiger partial charge in [-0.05, 0) is 42.3 Å². The minimum Gasteiger partial charge on any atom is -0.489 e. The molecule has 0 atom stereocenters. The van der Waals surface area contributed by atoms with Crippen LogP contribution in [0.2, 0.25) is 0 Å². The number of carbonyl (C=O) groups is 1. The predicted octanol–water partition coefficient (Wildman–Crippen LogP) is 4.53. The van der Waals surface area contributed by atoms with Crippen molar-refractivity contribution in [2.24, 2.45) is 0 Å². The summed E-state index contributed by atoms with van der Waals surface area (Å²) in [5.74, 6) is -1.14. The van der Waals surface area contributed by atoms with Crippen molar-refractivity contribution in [1.82, 2.24) is 0 Å². The monoisotopic (exact) mass is 356 g/mol. The largest absolute Gasteiger partial charge is 0.489 e. The fourth-order valence-corrected chi connectivity index (χ4v) is 2.18. The third-order valence-corrected chi connectivity index (χ3v) is 3.35. The first-order chi connectivity index (χ1) is 11.8. The van der Waals surface area contributed by atoms with Gasteiger partial charge in [0.1, 0.15) is 18.2 Å². The second-order valence-electron chi connectivity index (χ2n) is 5.21. The third kappa shape index (κ3) is 5.48. The van der Waals surface area contributed by atoms with Crippen LogP contribution in [0, 0.1) is 5.82 Å². The van der Waals surface area contributed by atoms with Crippen LogP contribution in [0.5, 0.6) is 5.75 Å². The van der Waals surface area contributed by atoms with Crippen LogP contribution in [0.4, 0.5) is 17.6 Å². The Hall–Kier alpha value is -2.57. The van der Waals surface area contributed by atoms with Crippen molar-refractivity contribution >= 4 is 5.97 Å². The first-order valence-corrected chi connectivity index (χ1v) is 7.52. The van der Waals surface area contributed by atoms with Crippen molar-refractivity contribution in [2.45, 2.75) is 26.1 Å². The first-order valence-electron chi connectivity index (χ1n) is 7.52. The van der Waals surface area contributed by atoms with Crippen LogP contribution in [0.1, 0.15) is 23.6 Å².